The summed E-state index contributed by atoms with van der Waals surface area (Å²) in [7, 11) is 0. The molecule has 0 unspecified atom stereocenters. The number of nitrogens with one attached hydrogen (secondary N) is 1. The van der Waals surface area contributed by atoms with E-state index in [1.165, 1.54) is 5.56 Å². The summed E-state index contributed by atoms with van der Waals surface area (Å²) >= 11 is 12.2. The maximum atomic E-state index is 13.2. The number of halogens is 2. The van der Waals surface area contributed by atoms with Gasteiger partial charge < -0.3 is 14.8 Å². The SMILES string of the molecule is Cc1ccc(COc2ccc3ccccc3c2/C=C(\C#N)C(=O)Nc2ccc(OCc3ccc(Cl)cc3Cl)cc2)cc1. The van der Waals surface area contributed by atoms with E-state index in [0.717, 1.165) is 21.9 Å². The minimum atomic E-state index is -0.531. The second-order valence-electron chi connectivity index (χ2n) is 9.65. The van der Waals surface area contributed by atoms with E-state index in [1.807, 2.05) is 79.7 Å². The highest BCUT2D eigenvalue weighted by Gasteiger charge is 2.14. The zero-order valence-corrected chi connectivity index (χ0v) is 24.2. The third-order valence-electron chi connectivity index (χ3n) is 6.62. The Kier molecular flexibility index (Phi) is 9.08. The van der Waals surface area contributed by atoms with Gasteiger partial charge in [-0.2, -0.15) is 5.26 Å². The molecule has 42 heavy (non-hydrogen) atoms. The van der Waals surface area contributed by atoms with Crippen LogP contribution in [0.2, 0.25) is 10.0 Å². The predicted molar refractivity (Wildman–Crippen MR) is 169 cm³/mol. The molecule has 5 rings (SSSR count). The Morgan fingerprint density at radius 1 is 0.881 bits per heavy atom. The van der Waals surface area contributed by atoms with Crippen molar-refractivity contribution in [3.8, 4) is 17.6 Å². The first-order chi connectivity index (χ1) is 20.4. The predicted octanol–water partition coefficient (Wildman–Crippen LogP) is 9.16. The van der Waals surface area contributed by atoms with Gasteiger partial charge in [-0.3, -0.25) is 4.79 Å². The monoisotopic (exact) mass is 592 g/mol. The average Bonchev–Trinajstić information content (AvgIpc) is 3.00. The van der Waals surface area contributed by atoms with Crippen molar-refractivity contribution in [1.82, 2.24) is 0 Å². The molecule has 5 nitrogen and oxygen atoms in total. The number of rotatable bonds is 9. The number of hydrogen-bond donors (Lipinski definition) is 1. The summed E-state index contributed by atoms with van der Waals surface area (Å²) in [5.41, 5.74) is 4.12. The van der Waals surface area contributed by atoms with Gasteiger partial charge in [0.05, 0.1) is 0 Å². The van der Waals surface area contributed by atoms with Crippen LogP contribution in [0.25, 0.3) is 16.8 Å². The Morgan fingerprint density at radius 2 is 1.64 bits per heavy atom. The average molecular weight is 594 g/mol. The summed E-state index contributed by atoms with van der Waals surface area (Å²) in [6.07, 6.45) is 1.58. The molecule has 0 atom stereocenters. The van der Waals surface area contributed by atoms with Crippen LogP contribution in [-0.2, 0) is 18.0 Å². The van der Waals surface area contributed by atoms with E-state index in [1.54, 1.807) is 42.5 Å². The van der Waals surface area contributed by atoms with Crippen LogP contribution in [0, 0.1) is 18.3 Å². The molecule has 0 spiro atoms. The van der Waals surface area contributed by atoms with Gasteiger partial charge in [0.15, 0.2) is 0 Å². The number of carbonyl (C=O) groups is 1. The van der Waals surface area contributed by atoms with Crippen LogP contribution in [0.5, 0.6) is 11.5 Å². The van der Waals surface area contributed by atoms with Crippen molar-refractivity contribution >= 4 is 51.6 Å². The lowest BCUT2D eigenvalue weighted by molar-refractivity contribution is -0.112. The van der Waals surface area contributed by atoms with Crippen LogP contribution in [0.15, 0.2) is 109 Å². The van der Waals surface area contributed by atoms with E-state index in [2.05, 4.69) is 5.32 Å². The number of hydrogen-bond acceptors (Lipinski definition) is 4. The van der Waals surface area contributed by atoms with Gasteiger partial charge in [0.1, 0.15) is 36.4 Å². The second kappa shape index (κ2) is 13.3. The van der Waals surface area contributed by atoms with Gasteiger partial charge in [-0.15, -0.1) is 0 Å². The molecule has 208 valence electrons. The van der Waals surface area contributed by atoms with Gasteiger partial charge >= 0.3 is 0 Å². The first-order valence-corrected chi connectivity index (χ1v) is 14.0. The van der Waals surface area contributed by atoms with Crippen LogP contribution < -0.4 is 14.8 Å². The molecule has 0 radical (unpaired) electrons. The Bertz CT molecular complexity index is 1810. The van der Waals surface area contributed by atoms with Gasteiger partial charge in [-0.1, -0.05) is 89.4 Å². The molecule has 0 saturated heterocycles. The Hall–Kier alpha value is -4.76. The maximum absolute atomic E-state index is 13.2. The normalized spacial score (nSPS) is 11.1. The fraction of sp³-hybridized carbons (Fsp3) is 0.0857. The highest BCUT2D eigenvalue weighted by atomic mass is 35.5. The molecular formula is C35H26Cl2N2O3. The van der Waals surface area contributed by atoms with Crippen LogP contribution in [0.1, 0.15) is 22.3 Å². The van der Waals surface area contributed by atoms with Crippen LogP contribution in [0.3, 0.4) is 0 Å². The molecule has 1 amide bonds. The van der Waals surface area contributed by atoms with E-state index in [4.69, 9.17) is 32.7 Å². The molecule has 0 fully saturated rings. The third-order valence-corrected chi connectivity index (χ3v) is 7.21. The fourth-order valence-corrected chi connectivity index (χ4v) is 4.78. The number of benzene rings is 5. The largest absolute Gasteiger partial charge is 0.489 e. The molecule has 0 aliphatic heterocycles. The lowest BCUT2D eigenvalue weighted by Crippen LogP contribution is -2.13. The fourth-order valence-electron chi connectivity index (χ4n) is 4.32. The number of fused-ring (bicyclic) bond motifs is 1. The minimum absolute atomic E-state index is 0.0516. The van der Waals surface area contributed by atoms with Crippen LogP contribution in [-0.4, -0.2) is 5.91 Å². The molecule has 0 saturated carbocycles. The maximum Gasteiger partial charge on any atom is 0.266 e. The van der Waals surface area contributed by atoms with Gasteiger partial charge in [0, 0.05) is 26.9 Å². The summed E-state index contributed by atoms with van der Waals surface area (Å²) < 4.78 is 12.0. The Labute approximate surface area is 254 Å². The Morgan fingerprint density at radius 3 is 2.38 bits per heavy atom. The molecule has 1 N–H and O–H groups in total. The van der Waals surface area contributed by atoms with Crippen molar-refractivity contribution < 1.29 is 14.3 Å². The molecule has 5 aromatic rings. The number of aryl methyl sites for hydroxylation is 1. The Balaban J connectivity index is 1.33. The van der Waals surface area contributed by atoms with Crippen molar-refractivity contribution in [3.63, 3.8) is 0 Å². The zero-order valence-electron chi connectivity index (χ0n) is 22.7. The van der Waals surface area contributed by atoms with Crippen molar-refractivity contribution in [1.29, 1.82) is 5.26 Å². The van der Waals surface area contributed by atoms with Gasteiger partial charge in [0.2, 0.25) is 0 Å². The number of nitriles is 1. The lowest BCUT2D eigenvalue weighted by Gasteiger charge is -2.13. The smallest absolute Gasteiger partial charge is 0.266 e. The zero-order chi connectivity index (χ0) is 29.5. The summed E-state index contributed by atoms with van der Waals surface area (Å²) in [6, 6.07) is 33.9. The lowest BCUT2D eigenvalue weighted by atomic mass is 10.0. The van der Waals surface area contributed by atoms with Crippen molar-refractivity contribution in [2.24, 2.45) is 0 Å². The first-order valence-electron chi connectivity index (χ1n) is 13.2. The number of ether oxygens (including phenoxy) is 2. The molecule has 0 aliphatic carbocycles. The van der Waals surface area contributed by atoms with Crippen molar-refractivity contribution in [3.05, 3.63) is 141 Å². The van der Waals surface area contributed by atoms with Gasteiger partial charge in [0.25, 0.3) is 5.91 Å². The van der Waals surface area contributed by atoms with Gasteiger partial charge in [-0.25, -0.2) is 0 Å². The number of amides is 1. The van der Waals surface area contributed by atoms with Crippen molar-refractivity contribution in [2.75, 3.05) is 5.32 Å². The molecule has 0 bridgehead atoms. The molecule has 0 aromatic heterocycles. The standard InChI is InChI=1S/C35H26Cl2N2O3/c1-23-6-8-24(9-7-23)21-42-34-17-11-25-4-2-3-5-31(25)32(34)18-27(20-38)35(40)39-29-13-15-30(16-14-29)41-22-26-10-12-28(36)19-33(26)37/h2-19H,21-22H2,1H3,(H,39,40)/b27-18+. The van der Waals surface area contributed by atoms with E-state index >= 15 is 0 Å². The van der Waals surface area contributed by atoms with Crippen LogP contribution in [0.4, 0.5) is 5.69 Å². The highest BCUT2D eigenvalue weighted by Crippen LogP contribution is 2.31. The summed E-state index contributed by atoms with van der Waals surface area (Å²) in [5.74, 6) is 0.648. The summed E-state index contributed by atoms with van der Waals surface area (Å²) in [4.78, 5) is 13.2. The molecule has 7 heteroatoms. The molecule has 5 aromatic carbocycles. The summed E-state index contributed by atoms with van der Waals surface area (Å²) in [5, 5.41) is 15.7. The first kappa shape index (κ1) is 28.8. The second-order valence-corrected chi connectivity index (χ2v) is 10.5. The van der Waals surface area contributed by atoms with E-state index in [9.17, 15) is 10.1 Å². The van der Waals surface area contributed by atoms with Gasteiger partial charge in [-0.05, 0) is 71.8 Å². The highest BCUT2D eigenvalue weighted by molar-refractivity contribution is 6.35. The topological polar surface area (TPSA) is 71.3 Å². The summed E-state index contributed by atoms with van der Waals surface area (Å²) in [6.45, 7) is 2.65. The molecule has 0 aliphatic rings. The number of carbonyl (C=O) groups excluding carboxylic acids is 1. The quantitative estimate of drug-likeness (QED) is 0.137. The number of anilines is 1. The van der Waals surface area contributed by atoms with E-state index in [-0.39, 0.29) is 12.2 Å². The van der Waals surface area contributed by atoms with Crippen LogP contribution >= 0.6 is 23.2 Å². The minimum Gasteiger partial charge on any atom is -0.489 e. The molecule has 0 heterocycles. The van der Waals surface area contributed by atoms with Crippen molar-refractivity contribution in [2.45, 2.75) is 20.1 Å². The molecular weight excluding hydrogens is 567 g/mol. The number of nitrogens with zero attached hydrogens (tertiary/aromatic N) is 1. The van der Waals surface area contributed by atoms with E-state index in [0.29, 0.717) is 39.4 Å². The third kappa shape index (κ3) is 7.11. The van der Waals surface area contributed by atoms with E-state index < -0.39 is 5.91 Å².